The van der Waals surface area contributed by atoms with Gasteiger partial charge in [0.25, 0.3) is 0 Å². The van der Waals surface area contributed by atoms with E-state index in [9.17, 15) is 13.2 Å². The van der Waals surface area contributed by atoms with Crippen molar-refractivity contribution in [3.05, 3.63) is 107 Å². The molecular formula is C31H31F3O. The number of halogens is 3. The molecular weight excluding hydrogens is 445 g/mol. The van der Waals surface area contributed by atoms with E-state index in [-0.39, 0.29) is 5.75 Å². The van der Waals surface area contributed by atoms with Crippen molar-refractivity contribution in [2.24, 2.45) is 5.92 Å². The monoisotopic (exact) mass is 476 g/mol. The van der Waals surface area contributed by atoms with Gasteiger partial charge in [-0.1, -0.05) is 61.5 Å². The van der Waals surface area contributed by atoms with Gasteiger partial charge in [0.1, 0.15) is 0 Å². The van der Waals surface area contributed by atoms with Gasteiger partial charge in [-0.25, -0.2) is 13.2 Å². The highest BCUT2D eigenvalue weighted by molar-refractivity contribution is 5.67. The summed E-state index contributed by atoms with van der Waals surface area (Å²) in [6.07, 6.45) is 8.12. The summed E-state index contributed by atoms with van der Waals surface area (Å²) in [7, 11) is 0. The van der Waals surface area contributed by atoms with E-state index < -0.39 is 17.5 Å². The van der Waals surface area contributed by atoms with E-state index in [1.54, 1.807) is 24.3 Å². The molecule has 0 heterocycles. The summed E-state index contributed by atoms with van der Waals surface area (Å²) >= 11 is 0. The first-order valence-electron chi connectivity index (χ1n) is 12.2. The Kier molecular flexibility index (Phi) is 8.12. The lowest BCUT2D eigenvalue weighted by molar-refractivity contribution is 0.308. The molecule has 1 aliphatic rings. The summed E-state index contributed by atoms with van der Waals surface area (Å²) in [6, 6.07) is 16.1. The molecule has 0 fully saturated rings. The van der Waals surface area contributed by atoms with Crippen molar-refractivity contribution < 1.29 is 17.9 Å². The van der Waals surface area contributed by atoms with Crippen LogP contribution in [-0.4, -0.2) is 6.61 Å². The Bertz CT molecular complexity index is 1210. The van der Waals surface area contributed by atoms with Gasteiger partial charge < -0.3 is 4.74 Å². The van der Waals surface area contributed by atoms with Gasteiger partial charge in [-0.2, -0.15) is 0 Å². The van der Waals surface area contributed by atoms with Gasteiger partial charge >= 0.3 is 0 Å². The second-order valence-corrected chi connectivity index (χ2v) is 9.28. The lowest BCUT2D eigenvalue weighted by atomic mass is 9.87. The van der Waals surface area contributed by atoms with Crippen LogP contribution >= 0.6 is 0 Å². The number of benzene rings is 3. The highest BCUT2D eigenvalue weighted by atomic mass is 19.2. The predicted molar refractivity (Wildman–Crippen MR) is 137 cm³/mol. The highest BCUT2D eigenvalue weighted by Crippen LogP contribution is 2.33. The zero-order chi connectivity index (χ0) is 24.8. The Morgan fingerprint density at radius 3 is 2.40 bits per heavy atom. The molecule has 0 bridgehead atoms. The van der Waals surface area contributed by atoms with Crippen LogP contribution in [0.4, 0.5) is 13.2 Å². The van der Waals surface area contributed by atoms with E-state index in [1.807, 2.05) is 36.4 Å². The molecule has 1 aliphatic carbocycles. The predicted octanol–water partition coefficient (Wildman–Crippen LogP) is 8.71. The summed E-state index contributed by atoms with van der Waals surface area (Å²) in [5.41, 5.74) is 4.32. The first kappa shape index (κ1) is 24.8. The zero-order valence-electron chi connectivity index (χ0n) is 20.1. The third-order valence-electron chi connectivity index (χ3n) is 6.66. The minimum atomic E-state index is -0.746. The lowest BCUT2D eigenvalue weighted by Gasteiger charge is -2.19. The number of hydrogen-bond donors (Lipinski definition) is 0. The second-order valence-electron chi connectivity index (χ2n) is 9.28. The number of hydrogen-bond acceptors (Lipinski definition) is 1. The molecule has 0 aliphatic heterocycles. The van der Waals surface area contributed by atoms with Crippen LogP contribution < -0.4 is 4.74 Å². The maximum Gasteiger partial charge on any atom is 0.166 e. The Labute approximate surface area is 206 Å². The SMILES string of the molecule is C=CCCOc1ccc(-c2ccc(CCc3ccc(C4=CCC(C)CC4)c(F)c3F)cc2)cc1F. The lowest BCUT2D eigenvalue weighted by Crippen LogP contribution is -2.05. The smallest absolute Gasteiger partial charge is 0.166 e. The van der Waals surface area contributed by atoms with E-state index in [0.717, 1.165) is 41.5 Å². The first-order valence-corrected chi connectivity index (χ1v) is 12.2. The molecule has 0 radical (unpaired) electrons. The Morgan fingerprint density at radius 2 is 1.71 bits per heavy atom. The second kappa shape index (κ2) is 11.4. The Morgan fingerprint density at radius 1 is 0.943 bits per heavy atom. The average molecular weight is 477 g/mol. The molecule has 4 rings (SSSR count). The van der Waals surface area contributed by atoms with Crippen LogP contribution in [0.5, 0.6) is 5.75 Å². The van der Waals surface area contributed by atoms with Gasteiger partial charge in [0.15, 0.2) is 23.2 Å². The summed E-state index contributed by atoms with van der Waals surface area (Å²) in [4.78, 5) is 0. The maximum absolute atomic E-state index is 14.8. The van der Waals surface area contributed by atoms with Crippen LogP contribution in [0, 0.1) is 23.4 Å². The molecule has 0 N–H and O–H groups in total. The third kappa shape index (κ3) is 6.05. The van der Waals surface area contributed by atoms with E-state index in [4.69, 9.17) is 4.74 Å². The molecule has 35 heavy (non-hydrogen) atoms. The molecule has 0 amide bonds. The van der Waals surface area contributed by atoms with E-state index >= 15 is 0 Å². The molecule has 182 valence electrons. The van der Waals surface area contributed by atoms with Crippen molar-refractivity contribution in [3.8, 4) is 16.9 Å². The standard InChI is InChI=1S/C31H31F3O/c1-3-4-19-35-29-18-16-26(20-28(29)32)23-12-7-22(8-13-23)9-14-25-15-17-27(31(34)30(25)33)24-10-5-21(2)6-11-24/h3,7-8,10,12-13,15-18,20-21H,1,4-6,9,11,14,19H2,2H3. The van der Waals surface area contributed by atoms with Crippen molar-refractivity contribution in [1.82, 2.24) is 0 Å². The van der Waals surface area contributed by atoms with Crippen molar-refractivity contribution >= 4 is 5.57 Å². The zero-order valence-corrected chi connectivity index (χ0v) is 20.1. The maximum atomic E-state index is 14.8. The fraction of sp³-hybridized carbons (Fsp3) is 0.290. The van der Waals surface area contributed by atoms with E-state index in [1.165, 1.54) is 6.07 Å². The quantitative estimate of drug-likeness (QED) is 0.222. The molecule has 3 aromatic rings. The van der Waals surface area contributed by atoms with Crippen LogP contribution in [0.3, 0.4) is 0 Å². The molecule has 0 spiro atoms. The molecule has 3 aromatic carbocycles. The molecule has 0 aromatic heterocycles. The number of allylic oxidation sites excluding steroid dienone is 2. The van der Waals surface area contributed by atoms with Crippen molar-refractivity contribution in [2.45, 2.75) is 45.4 Å². The topological polar surface area (TPSA) is 9.23 Å². The van der Waals surface area contributed by atoms with E-state index in [0.29, 0.717) is 42.9 Å². The minimum Gasteiger partial charge on any atom is -0.490 e. The fourth-order valence-corrected chi connectivity index (χ4v) is 4.43. The van der Waals surface area contributed by atoms with Crippen LogP contribution in [-0.2, 0) is 12.8 Å². The Balaban J connectivity index is 1.40. The first-order chi connectivity index (χ1) is 17.0. The number of ether oxygens (including phenoxy) is 1. The van der Waals surface area contributed by atoms with Gasteiger partial charge in [0, 0.05) is 5.56 Å². The molecule has 1 atom stereocenters. The molecule has 4 heteroatoms. The van der Waals surface area contributed by atoms with Gasteiger partial charge in [-0.3, -0.25) is 0 Å². The van der Waals surface area contributed by atoms with Crippen LogP contribution in [0.1, 0.15) is 49.3 Å². The van der Waals surface area contributed by atoms with Gasteiger partial charge in [-0.05, 0) is 84.4 Å². The van der Waals surface area contributed by atoms with Crippen LogP contribution in [0.25, 0.3) is 16.7 Å². The highest BCUT2D eigenvalue weighted by Gasteiger charge is 2.19. The average Bonchev–Trinajstić information content (AvgIpc) is 2.87. The van der Waals surface area contributed by atoms with E-state index in [2.05, 4.69) is 13.5 Å². The van der Waals surface area contributed by atoms with Crippen molar-refractivity contribution in [3.63, 3.8) is 0 Å². The van der Waals surface area contributed by atoms with Gasteiger partial charge in [-0.15, -0.1) is 6.58 Å². The number of rotatable bonds is 9. The summed E-state index contributed by atoms with van der Waals surface area (Å²) in [6.45, 7) is 6.19. The third-order valence-corrected chi connectivity index (χ3v) is 6.66. The van der Waals surface area contributed by atoms with Gasteiger partial charge in [0.05, 0.1) is 6.61 Å². The van der Waals surface area contributed by atoms with Crippen LogP contribution in [0.2, 0.25) is 0 Å². The minimum absolute atomic E-state index is 0.224. The summed E-state index contributed by atoms with van der Waals surface area (Å²) < 4.78 is 49.4. The summed E-state index contributed by atoms with van der Waals surface area (Å²) in [5.74, 6) is -1.07. The Hall–Kier alpha value is -3.27. The normalized spacial score (nSPS) is 15.5. The number of aryl methyl sites for hydroxylation is 2. The molecule has 1 unspecified atom stereocenters. The van der Waals surface area contributed by atoms with Crippen molar-refractivity contribution in [1.29, 1.82) is 0 Å². The molecule has 0 saturated heterocycles. The largest absolute Gasteiger partial charge is 0.490 e. The molecule has 1 nitrogen and oxygen atoms in total. The summed E-state index contributed by atoms with van der Waals surface area (Å²) in [5, 5.41) is 0. The molecule has 0 saturated carbocycles. The fourth-order valence-electron chi connectivity index (χ4n) is 4.43. The van der Waals surface area contributed by atoms with Crippen molar-refractivity contribution in [2.75, 3.05) is 6.61 Å². The van der Waals surface area contributed by atoms with Crippen LogP contribution in [0.15, 0.2) is 73.3 Å². The van der Waals surface area contributed by atoms with Gasteiger partial charge in [0.2, 0.25) is 0 Å².